The van der Waals surface area contributed by atoms with E-state index < -0.39 is 5.91 Å². The number of hydrogen-bond acceptors (Lipinski definition) is 5. The number of benzene rings is 2. The van der Waals surface area contributed by atoms with Crippen LogP contribution in [0.15, 0.2) is 54.6 Å². The van der Waals surface area contributed by atoms with Gasteiger partial charge in [0.25, 0.3) is 5.91 Å². The van der Waals surface area contributed by atoms with Gasteiger partial charge in [0.2, 0.25) is 5.91 Å². The van der Waals surface area contributed by atoms with Gasteiger partial charge in [0.05, 0.1) is 13.7 Å². The number of hydroxylamine groups is 1. The summed E-state index contributed by atoms with van der Waals surface area (Å²) >= 11 is 0. The van der Waals surface area contributed by atoms with E-state index in [2.05, 4.69) is 5.32 Å². The van der Waals surface area contributed by atoms with Gasteiger partial charge >= 0.3 is 0 Å². The Morgan fingerprint density at radius 1 is 1.12 bits per heavy atom. The molecule has 0 bridgehead atoms. The van der Waals surface area contributed by atoms with E-state index in [1.807, 2.05) is 24.3 Å². The Balaban J connectivity index is 1.72. The fourth-order valence-corrected chi connectivity index (χ4v) is 2.09. The van der Waals surface area contributed by atoms with Gasteiger partial charge in [-0.15, -0.1) is 0 Å². The maximum absolute atomic E-state index is 11.8. The van der Waals surface area contributed by atoms with Crippen molar-refractivity contribution in [3.8, 4) is 11.5 Å². The van der Waals surface area contributed by atoms with E-state index in [1.54, 1.807) is 30.8 Å². The average Bonchev–Trinajstić information content (AvgIpc) is 2.69. The van der Waals surface area contributed by atoms with Gasteiger partial charge in [-0.25, -0.2) is 5.48 Å². The van der Waals surface area contributed by atoms with Crippen molar-refractivity contribution in [3.05, 3.63) is 65.7 Å². The van der Waals surface area contributed by atoms with Gasteiger partial charge in [-0.05, 0) is 48.0 Å². The van der Waals surface area contributed by atoms with Crippen LogP contribution in [0.1, 0.15) is 15.9 Å². The third-order valence-electron chi connectivity index (χ3n) is 3.41. The minimum Gasteiger partial charge on any atom is -0.497 e. The van der Waals surface area contributed by atoms with E-state index in [4.69, 9.17) is 14.7 Å². The van der Waals surface area contributed by atoms with Crippen molar-refractivity contribution < 1.29 is 24.3 Å². The molecule has 2 aromatic rings. The molecule has 0 aliphatic rings. The van der Waals surface area contributed by atoms with Crippen LogP contribution in [0.5, 0.6) is 11.5 Å². The Morgan fingerprint density at radius 2 is 1.88 bits per heavy atom. The van der Waals surface area contributed by atoms with Crippen molar-refractivity contribution in [2.45, 2.75) is 0 Å². The summed E-state index contributed by atoms with van der Waals surface area (Å²) in [4.78, 5) is 23.0. The van der Waals surface area contributed by atoms with E-state index in [9.17, 15) is 9.59 Å². The molecule has 0 aliphatic heterocycles. The lowest BCUT2D eigenvalue weighted by molar-refractivity contribution is -0.116. The summed E-state index contributed by atoms with van der Waals surface area (Å²) < 4.78 is 10.6. The maximum atomic E-state index is 11.8. The van der Waals surface area contributed by atoms with Gasteiger partial charge in [-0.2, -0.15) is 0 Å². The molecule has 7 heteroatoms. The normalized spacial score (nSPS) is 10.4. The van der Waals surface area contributed by atoms with E-state index >= 15 is 0 Å². The highest BCUT2D eigenvalue weighted by Gasteiger charge is 2.03. The summed E-state index contributed by atoms with van der Waals surface area (Å²) in [6.45, 7) is 0.616. The highest BCUT2D eigenvalue weighted by atomic mass is 16.5. The van der Waals surface area contributed by atoms with Crippen LogP contribution in [0.2, 0.25) is 0 Å². The lowest BCUT2D eigenvalue weighted by atomic mass is 10.2. The van der Waals surface area contributed by atoms with Gasteiger partial charge in [0.15, 0.2) is 0 Å². The second-order valence-corrected chi connectivity index (χ2v) is 5.21. The van der Waals surface area contributed by atoms with Crippen molar-refractivity contribution in [2.24, 2.45) is 0 Å². The first-order valence-electron chi connectivity index (χ1n) is 7.89. The van der Waals surface area contributed by atoms with E-state index in [0.717, 1.165) is 11.3 Å². The molecule has 0 radical (unpaired) electrons. The number of ether oxygens (including phenoxy) is 2. The molecule has 0 aliphatic carbocycles. The van der Waals surface area contributed by atoms with Gasteiger partial charge in [0, 0.05) is 11.6 Å². The van der Waals surface area contributed by atoms with Crippen LogP contribution in [-0.4, -0.2) is 37.3 Å². The van der Waals surface area contributed by atoms with Gasteiger partial charge < -0.3 is 14.8 Å². The third-order valence-corrected chi connectivity index (χ3v) is 3.41. The van der Waals surface area contributed by atoms with Crippen LogP contribution in [0.25, 0.3) is 6.08 Å². The minimum absolute atomic E-state index is 0.230. The van der Waals surface area contributed by atoms with E-state index in [0.29, 0.717) is 17.9 Å². The standard InChI is InChI=1S/C19H20N2O5/c1-25-17-4-2-3-14(13-17)5-10-18(22)20-11-12-26-16-8-6-15(7-9-16)19(23)21-24/h2-10,13,24H,11-12H2,1H3,(H,20,22)(H,21,23)/b10-5+. The Labute approximate surface area is 151 Å². The fourth-order valence-electron chi connectivity index (χ4n) is 2.09. The molecule has 0 saturated heterocycles. The number of rotatable bonds is 8. The number of hydrogen-bond donors (Lipinski definition) is 3. The molecule has 0 fully saturated rings. The molecule has 3 N–H and O–H groups in total. The molecule has 7 nitrogen and oxygen atoms in total. The monoisotopic (exact) mass is 356 g/mol. The fraction of sp³-hybridized carbons (Fsp3) is 0.158. The Hall–Kier alpha value is -3.32. The maximum Gasteiger partial charge on any atom is 0.274 e. The SMILES string of the molecule is COc1cccc(/C=C/C(=O)NCCOc2ccc(C(=O)NO)cc2)c1. The number of carbonyl (C=O) groups is 2. The Bertz CT molecular complexity index is 772. The first-order valence-corrected chi connectivity index (χ1v) is 7.89. The molecule has 0 atom stereocenters. The minimum atomic E-state index is -0.591. The van der Waals surface area contributed by atoms with Crippen molar-refractivity contribution in [3.63, 3.8) is 0 Å². The third kappa shape index (κ3) is 5.95. The molecule has 0 aromatic heterocycles. The molecule has 26 heavy (non-hydrogen) atoms. The Morgan fingerprint density at radius 3 is 2.58 bits per heavy atom. The zero-order valence-electron chi connectivity index (χ0n) is 14.3. The lowest BCUT2D eigenvalue weighted by Crippen LogP contribution is -2.26. The number of methoxy groups -OCH3 is 1. The van der Waals surface area contributed by atoms with Crippen LogP contribution in [-0.2, 0) is 4.79 Å². The van der Waals surface area contributed by atoms with E-state index in [-0.39, 0.29) is 12.5 Å². The molecule has 0 saturated carbocycles. The summed E-state index contributed by atoms with van der Waals surface area (Å²) in [7, 11) is 1.59. The van der Waals surface area contributed by atoms with Gasteiger partial charge in [0.1, 0.15) is 18.1 Å². The molecule has 0 spiro atoms. The van der Waals surface area contributed by atoms with Crippen LogP contribution in [0.4, 0.5) is 0 Å². The lowest BCUT2D eigenvalue weighted by Gasteiger charge is -2.07. The highest BCUT2D eigenvalue weighted by molar-refractivity contribution is 5.93. The zero-order chi connectivity index (χ0) is 18.8. The second-order valence-electron chi connectivity index (χ2n) is 5.21. The number of nitrogens with one attached hydrogen (secondary N) is 2. The molecule has 0 heterocycles. The second kappa shape index (κ2) is 9.85. The molecule has 136 valence electrons. The molecular weight excluding hydrogens is 336 g/mol. The average molecular weight is 356 g/mol. The Kier molecular flexibility index (Phi) is 7.20. The first kappa shape index (κ1) is 19.0. The van der Waals surface area contributed by atoms with Crippen LogP contribution < -0.4 is 20.3 Å². The highest BCUT2D eigenvalue weighted by Crippen LogP contribution is 2.13. The van der Waals surface area contributed by atoms with Crippen LogP contribution >= 0.6 is 0 Å². The predicted octanol–water partition coefficient (Wildman–Crippen LogP) is 2.02. The number of carbonyl (C=O) groups excluding carboxylic acids is 2. The predicted molar refractivity (Wildman–Crippen MR) is 96.2 cm³/mol. The smallest absolute Gasteiger partial charge is 0.274 e. The molecule has 2 rings (SSSR count). The van der Waals surface area contributed by atoms with Crippen LogP contribution in [0.3, 0.4) is 0 Å². The first-order chi connectivity index (χ1) is 12.6. The molecule has 2 aromatic carbocycles. The summed E-state index contributed by atoms with van der Waals surface area (Å²) in [5.74, 6) is 0.460. The largest absolute Gasteiger partial charge is 0.497 e. The molecule has 0 unspecified atom stereocenters. The number of amides is 2. The summed E-state index contributed by atoms with van der Waals surface area (Å²) in [6.07, 6.45) is 3.14. The van der Waals surface area contributed by atoms with Crippen molar-refractivity contribution in [1.29, 1.82) is 0 Å². The quantitative estimate of drug-likeness (QED) is 0.291. The van der Waals surface area contributed by atoms with Crippen molar-refractivity contribution >= 4 is 17.9 Å². The topological polar surface area (TPSA) is 96.9 Å². The molecular formula is C19H20N2O5. The van der Waals surface area contributed by atoms with E-state index in [1.165, 1.54) is 18.2 Å². The van der Waals surface area contributed by atoms with Crippen molar-refractivity contribution in [1.82, 2.24) is 10.8 Å². The summed E-state index contributed by atoms with van der Waals surface area (Å²) in [5.41, 5.74) is 2.73. The molecule has 2 amide bonds. The van der Waals surface area contributed by atoms with Gasteiger partial charge in [-0.1, -0.05) is 12.1 Å². The van der Waals surface area contributed by atoms with Crippen molar-refractivity contribution in [2.75, 3.05) is 20.3 Å². The van der Waals surface area contributed by atoms with Crippen LogP contribution in [0, 0.1) is 0 Å². The summed E-state index contributed by atoms with van der Waals surface area (Å²) in [5, 5.41) is 11.3. The van der Waals surface area contributed by atoms with Gasteiger partial charge in [-0.3, -0.25) is 14.8 Å². The zero-order valence-corrected chi connectivity index (χ0v) is 14.3. The summed E-state index contributed by atoms with van der Waals surface area (Å²) in [6, 6.07) is 13.6.